The predicted octanol–water partition coefficient (Wildman–Crippen LogP) is 3.55. The molecule has 0 aliphatic heterocycles. The van der Waals surface area contributed by atoms with Crippen molar-refractivity contribution in [1.82, 2.24) is 9.38 Å². The number of anilines is 1. The lowest BCUT2D eigenvalue weighted by atomic mass is 10.0. The number of nitrogens with two attached hydrogens (primary N) is 1. The highest BCUT2D eigenvalue weighted by atomic mass is 32.1. The van der Waals surface area contributed by atoms with Gasteiger partial charge in [-0.1, -0.05) is 20.8 Å². The Balaban J connectivity index is 2.33. The Morgan fingerprint density at radius 3 is 2.71 bits per heavy atom. The van der Waals surface area contributed by atoms with Crippen LogP contribution in [0.25, 0.3) is 4.96 Å². The summed E-state index contributed by atoms with van der Waals surface area (Å²) < 4.78 is 2.20. The van der Waals surface area contributed by atoms with E-state index < -0.39 is 0 Å². The monoisotopic (exact) mass is 308 g/mol. The number of hydrogen-bond acceptors (Lipinski definition) is 4. The van der Waals surface area contributed by atoms with Gasteiger partial charge in [-0.3, -0.25) is 4.40 Å². The van der Waals surface area contributed by atoms with Gasteiger partial charge in [-0.15, -0.1) is 11.3 Å². The third kappa shape index (κ3) is 3.58. The summed E-state index contributed by atoms with van der Waals surface area (Å²) in [6.07, 6.45) is 5.14. The van der Waals surface area contributed by atoms with Crippen molar-refractivity contribution in [2.75, 3.05) is 11.9 Å². The van der Waals surface area contributed by atoms with Crippen LogP contribution in [0.3, 0.4) is 0 Å². The van der Waals surface area contributed by atoms with Crippen molar-refractivity contribution in [3.8, 4) is 0 Å². The largest absolute Gasteiger partial charge is 0.355 e. The van der Waals surface area contributed by atoms with Crippen LogP contribution in [0.5, 0.6) is 0 Å². The highest BCUT2D eigenvalue weighted by Crippen LogP contribution is 2.27. The van der Waals surface area contributed by atoms with E-state index in [-0.39, 0.29) is 6.04 Å². The summed E-state index contributed by atoms with van der Waals surface area (Å²) in [5.41, 5.74) is 7.44. The Morgan fingerprint density at radius 2 is 2.10 bits per heavy atom. The van der Waals surface area contributed by atoms with Gasteiger partial charge in [-0.05, 0) is 25.7 Å². The highest BCUT2D eigenvalue weighted by molar-refractivity contribution is 7.15. The van der Waals surface area contributed by atoms with Gasteiger partial charge in [0, 0.05) is 37.1 Å². The summed E-state index contributed by atoms with van der Waals surface area (Å²) in [4.78, 5) is 8.22. The Morgan fingerprint density at radius 1 is 1.38 bits per heavy atom. The van der Waals surface area contributed by atoms with Gasteiger partial charge >= 0.3 is 0 Å². The molecule has 2 N–H and O–H groups in total. The molecule has 118 valence electrons. The lowest BCUT2D eigenvalue weighted by Gasteiger charge is -2.27. The zero-order chi connectivity index (χ0) is 15.6. The normalized spacial score (nSPS) is 14.8. The van der Waals surface area contributed by atoms with Crippen molar-refractivity contribution in [1.29, 1.82) is 0 Å². The van der Waals surface area contributed by atoms with Crippen LogP contribution in [0.4, 0.5) is 5.82 Å². The third-order valence-electron chi connectivity index (χ3n) is 4.13. The van der Waals surface area contributed by atoms with Gasteiger partial charge in [0.05, 0.1) is 5.69 Å². The molecular weight excluding hydrogens is 280 g/mol. The van der Waals surface area contributed by atoms with E-state index in [1.54, 1.807) is 11.3 Å². The Labute approximate surface area is 132 Å². The van der Waals surface area contributed by atoms with E-state index in [0.717, 1.165) is 23.6 Å². The molecule has 21 heavy (non-hydrogen) atoms. The number of imidazole rings is 1. The molecule has 2 atom stereocenters. The van der Waals surface area contributed by atoms with Crippen molar-refractivity contribution in [3.05, 3.63) is 17.3 Å². The molecule has 0 aromatic carbocycles. The maximum atomic E-state index is 6.19. The van der Waals surface area contributed by atoms with E-state index in [1.807, 2.05) is 0 Å². The Bertz CT molecular complexity index is 572. The maximum Gasteiger partial charge on any atom is 0.195 e. The summed E-state index contributed by atoms with van der Waals surface area (Å²) in [6, 6.07) is 0.670. The smallest absolute Gasteiger partial charge is 0.195 e. The number of fused-ring (bicyclic) bond motifs is 1. The fourth-order valence-corrected chi connectivity index (χ4v) is 3.46. The summed E-state index contributed by atoms with van der Waals surface area (Å²) in [6.45, 7) is 8.95. The fourth-order valence-electron chi connectivity index (χ4n) is 2.74. The van der Waals surface area contributed by atoms with Crippen molar-refractivity contribution >= 4 is 22.1 Å². The van der Waals surface area contributed by atoms with Crippen LogP contribution in [-0.2, 0) is 6.42 Å². The van der Waals surface area contributed by atoms with Crippen molar-refractivity contribution in [2.45, 2.75) is 59.0 Å². The highest BCUT2D eigenvalue weighted by Gasteiger charge is 2.21. The van der Waals surface area contributed by atoms with Crippen molar-refractivity contribution in [2.24, 2.45) is 11.7 Å². The molecule has 2 aromatic heterocycles. The summed E-state index contributed by atoms with van der Waals surface area (Å²) >= 11 is 1.68. The van der Waals surface area contributed by atoms with Crippen LogP contribution >= 0.6 is 11.3 Å². The molecule has 4 nitrogen and oxygen atoms in total. The topological polar surface area (TPSA) is 46.6 Å². The minimum Gasteiger partial charge on any atom is -0.355 e. The second-order valence-electron chi connectivity index (χ2n) is 6.40. The minimum atomic E-state index is 0.192. The molecule has 2 aromatic rings. The zero-order valence-corrected chi connectivity index (χ0v) is 14.7. The molecule has 5 heteroatoms. The third-order valence-corrected chi connectivity index (χ3v) is 4.88. The predicted molar refractivity (Wildman–Crippen MR) is 92.4 cm³/mol. The number of hydrogen-bond donors (Lipinski definition) is 1. The molecule has 0 saturated heterocycles. The van der Waals surface area contributed by atoms with Gasteiger partial charge in [0.15, 0.2) is 10.8 Å². The number of thiazole rings is 1. The van der Waals surface area contributed by atoms with E-state index in [2.05, 4.69) is 55.6 Å². The molecule has 0 amide bonds. The standard InChI is InChI=1S/C16H28N4S/c1-6-13(17)10-14-15(18-16-20(14)7-8-21-16)19(5)12(4)9-11(2)3/h7-8,11-13H,6,9-10,17H2,1-5H3. The van der Waals surface area contributed by atoms with E-state index in [0.29, 0.717) is 12.0 Å². The maximum absolute atomic E-state index is 6.19. The van der Waals surface area contributed by atoms with Crippen molar-refractivity contribution < 1.29 is 0 Å². The SMILES string of the molecule is CCC(N)Cc1c(N(C)C(C)CC(C)C)nc2sccn12. The zero-order valence-electron chi connectivity index (χ0n) is 13.8. The molecule has 2 heterocycles. The van der Waals surface area contributed by atoms with Gasteiger partial charge in [-0.25, -0.2) is 4.98 Å². The van der Waals surface area contributed by atoms with E-state index >= 15 is 0 Å². The molecule has 0 aliphatic rings. The molecular formula is C16H28N4S. The summed E-state index contributed by atoms with van der Waals surface area (Å²) in [5, 5.41) is 2.09. The van der Waals surface area contributed by atoms with Gasteiger partial charge in [0.2, 0.25) is 0 Å². The van der Waals surface area contributed by atoms with Crippen LogP contribution in [0.2, 0.25) is 0 Å². The summed E-state index contributed by atoms with van der Waals surface area (Å²) in [7, 11) is 2.15. The second-order valence-corrected chi connectivity index (χ2v) is 7.27. The molecule has 2 rings (SSSR count). The lowest BCUT2D eigenvalue weighted by Crippen LogP contribution is -2.32. The molecule has 0 spiro atoms. The first kappa shape index (κ1) is 16.3. The number of rotatable bonds is 7. The van der Waals surface area contributed by atoms with Gasteiger partial charge < -0.3 is 10.6 Å². The average molecular weight is 308 g/mol. The molecule has 0 bridgehead atoms. The van der Waals surface area contributed by atoms with Crippen LogP contribution in [0.15, 0.2) is 11.6 Å². The van der Waals surface area contributed by atoms with Gasteiger partial charge in [0.25, 0.3) is 0 Å². The Hall–Kier alpha value is -1.07. The summed E-state index contributed by atoms with van der Waals surface area (Å²) in [5.74, 6) is 1.78. The first-order valence-electron chi connectivity index (χ1n) is 7.86. The van der Waals surface area contributed by atoms with E-state index in [4.69, 9.17) is 10.7 Å². The fraction of sp³-hybridized carbons (Fsp3) is 0.688. The van der Waals surface area contributed by atoms with Gasteiger partial charge in [0.1, 0.15) is 0 Å². The average Bonchev–Trinajstić information content (AvgIpc) is 2.99. The van der Waals surface area contributed by atoms with Crippen LogP contribution in [-0.4, -0.2) is 28.5 Å². The quantitative estimate of drug-likeness (QED) is 0.851. The number of nitrogens with zero attached hydrogens (tertiary/aromatic N) is 3. The Kier molecular flexibility index (Phi) is 5.27. The molecule has 2 unspecified atom stereocenters. The minimum absolute atomic E-state index is 0.192. The van der Waals surface area contributed by atoms with E-state index in [1.165, 1.54) is 12.1 Å². The van der Waals surface area contributed by atoms with Crippen LogP contribution in [0, 0.1) is 5.92 Å². The van der Waals surface area contributed by atoms with Crippen molar-refractivity contribution in [3.63, 3.8) is 0 Å². The van der Waals surface area contributed by atoms with Crippen LogP contribution in [0.1, 0.15) is 46.2 Å². The van der Waals surface area contributed by atoms with E-state index in [9.17, 15) is 0 Å². The molecule has 0 aliphatic carbocycles. The van der Waals surface area contributed by atoms with Crippen LogP contribution < -0.4 is 10.6 Å². The first-order valence-corrected chi connectivity index (χ1v) is 8.74. The van der Waals surface area contributed by atoms with Gasteiger partial charge in [-0.2, -0.15) is 0 Å². The first-order chi connectivity index (χ1) is 9.93. The molecule has 0 fully saturated rings. The molecule has 0 saturated carbocycles. The second kappa shape index (κ2) is 6.79. The molecule has 0 radical (unpaired) electrons. The number of aromatic nitrogens is 2. The lowest BCUT2D eigenvalue weighted by molar-refractivity contribution is 0.501.